The van der Waals surface area contributed by atoms with Crippen LogP contribution in [0.4, 0.5) is 0 Å². The van der Waals surface area contributed by atoms with E-state index in [0.717, 1.165) is 16.5 Å². The molecule has 0 spiro atoms. The number of benzene rings is 1. The lowest BCUT2D eigenvalue weighted by molar-refractivity contribution is -0.277. The van der Waals surface area contributed by atoms with Gasteiger partial charge in [0, 0.05) is 41.9 Å². The van der Waals surface area contributed by atoms with Crippen LogP contribution in [0.25, 0.3) is 11.0 Å². The molecule has 0 bridgehead atoms. The Balaban J connectivity index is 1.65. The molecule has 0 unspecified atom stereocenters. The van der Waals surface area contributed by atoms with Gasteiger partial charge in [0.1, 0.15) is 31.0 Å². The molecule has 3 aliphatic rings. The molecule has 2 aliphatic heterocycles. The van der Waals surface area contributed by atoms with E-state index < -0.39 is 43.2 Å². The predicted molar refractivity (Wildman–Crippen MR) is 143 cm³/mol. The van der Waals surface area contributed by atoms with Gasteiger partial charge in [0.2, 0.25) is 17.9 Å². The Bertz CT molecular complexity index is 1260. The second-order valence-corrected chi connectivity index (χ2v) is 10.7. The number of aryl methyl sites for hydroxylation is 1. The highest BCUT2D eigenvalue weighted by atomic mass is 16.7. The minimum absolute atomic E-state index is 0.0475. The normalized spacial score (nSPS) is 29.7. The molecule has 5 rings (SSSR count). The van der Waals surface area contributed by atoms with Gasteiger partial charge in [-0.15, -0.1) is 0 Å². The molecule has 226 valence electrons. The molecule has 1 aromatic carbocycles. The van der Waals surface area contributed by atoms with E-state index >= 15 is 0 Å². The maximum Gasteiger partial charge on any atom is 0.309 e. The smallest absolute Gasteiger partial charge is 0.309 e. The summed E-state index contributed by atoms with van der Waals surface area (Å²) in [6, 6.07) is 0. The van der Waals surface area contributed by atoms with Crippen LogP contribution in [0.5, 0.6) is 11.5 Å². The zero-order valence-corrected chi connectivity index (χ0v) is 23.1. The van der Waals surface area contributed by atoms with Crippen LogP contribution in [0.3, 0.4) is 0 Å². The number of likely N-dealkylation sites (N-methyl/N-ethyl adjacent to an activating group) is 1. The second-order valence-electron chi connectivity index (χ2n) is 10.7. The fourth-order valence-electron chi connectivity index (χ4n) is 5.92. The molecule has 41 heavy (non-hydrogen) atoms. The summed E-state index contributed by atoms with van der Waals surface area (Å²) >= 11 is 0. The Hall–Kier alpha value is -2.94. The van der Waals surface area contributed by atoms with Crippen molar-refractivity contribution in [3.05, 3.63) is 23.0 Å². The number of aliphatic hydroxyl groups excluding tert-OH is 4. The van der Waals surface area contributed by atoms with Crippen LogP contribution in [0, 0.1) is 5.92 Å². The second kappa shape index (κ2) is 12.5. The van der Waals surface area contributed by atoms with Gasteiger partial charge >= 0.3 is 5.97 Å². The molecule has 1 aromatic heterocycles. The van der Waals surface area contributed by atoms with Crippen LogP contribution < -0.4 is 20.1 Å². The Morgan fingerprint density at radius 2 is 1.95 bits per heavy atom. The predicted octanol–water partition coefficient (Wildman–Crippen LogP) is -0.519. The fraction of sp³-hybridized carbons (Fsp3) is 0.643. The van der Waals surface area contributed by atoms with Crippen LogP contribution in [-0.2, 0) is 31.9 Å². The van der Waals surface area contributed by atoms with Crippen LogP contribution in [-0.4, -0.2) is 103 Å². The Labute approximate surface area is 236 Å². The van der Waals surface area contributed by atoms with Gasteiger partial charge in [0.25, 0.3) is 0 Å². The van der Waals surface area contributed by atoms with E-state index in [9.17, 15) is 30.0 Å². The molecular formula is C28H38N2O11. The topological polar surface area (TPSA) is 189 Å². The van der Waals surface area contributed by atoms with Crippen molar-refractivity contribution in [3.63, 3.8) is 0 Å². The first-order chi connectivity index (χ1) is 19.8. The number of esters is 1. The quantitative estimate of drug-likeness (QED) is 0.157. The molecular weight excluding hydrogens is 540 g/mol. The van der Waals surface area contributed by atoms with Crippen molar-refractivity contribution in [1.82, 2.24) is 10.6 Å². The molecule has 1 amide bonds. The third-order valence-electron chi connectivity index (χ3n) is 8.08. The molecule has 2 aromatic rings. The maximum atomic E-state index is 12.8. The van der Waals surface area contributed by atoms with Crippen LogP contribution in [0.2, 0.25) is 0 Å². The summed E-state index contributed by atoms with van der Waals surface area (Å²) in [5.41, 5.74) is 2.74. The number of rotatable bonds is 10. The van der Waals surface area contributed by atoms with Crippen molar-refractivity contribution in [2.24, 2.45) is 5.92 Å². The SMILES string of the molecule is CCOC(=O)[C@@H]1CCc2c(c(O[C@@H]3O[C@H](CO)[C@@H](O)[C@H](O)[C@H]3O)c(OCCNC)c3occ([C@@H]4CNC(=O)C4)c23)C1. The molecule has 2 fully saturated rings. The summed E-state index contributed by atoms with van der Waals surface area (Å²) in [5, 5.41) is 47.8. The van der Waals surface area contributed by atoms with Gasteiger partial charge < -0.3 is 54.4 Å². The fourth-order valence-corrected chi connectivity index (χ4v) is 5.92. The van der Waals surface area contributed by atoms with Crippen molar-refractivity contribution < 1.29 is 53.4 Å². The van der Waals surface area contributed by atoms with Gasteiger partial charge in [-0.25, -0.2) is 0 Å². The van der Waals surface area contributed by atoms with E-state index in [1.54, 1.807) is 20.2 Å². The van der Waals surface area contributed by atoms with Gasteiger partial charge in [-0.05, 0) is 38.8 Å². The number of carbonyl (C=O) groups excluding carboxylic acids is 2. The zero-order chi connectivity index (χ0) is 29.3. The average molecular weight is 579 g/mol. The highest BCUT2D eigenvalue weighted by Crippen LogP contribution is 2.50. The third kappa shape index (κ3) is 5.62. The molecule has 0 radical (unpaired) electrons. The lowest BCUT2D eigenvalue weighted by Gasteiger charge is -2.40. The largest absolute Gasteiger partial charge is 0.485 e. The number of aliphatic hydroxyl groups is 4. The monoisotopic (exact) mass is 578 g/mol. The molecule has 6 N–H and O–H groups in total. The third-order valence-corrected chi connectivity index (χ3v) is 8.08. The van der Waals surface area contributed by atoms with Crippen LogP contribution in [0.15, 0.2) is 10.7 Å². The summed E-state index contributed by atoms with van der Waals surface area (Å²) in [7, 11) is 1.77. The minimum atomic E-state index is -1.66. The molecule has 0 saturated carbocycles. The van der Waals surface area contributed by atoms with E-state index in [2.05, 4.69) is 10.6 Å². The lowest BCUT2D eigenvalue weighted by Crippen LogP contribution is -2.60. The summed E-state index contributed by atoms with van der Waals surface area (Å²) < 4.78 is 29.5. The Morgan fingerprint density at radius 3 is 2.63 bits per heavy atom. The van der Waals surface area contributed by atoms with Gasteiger partial charge in [0.05, 0.1) is 25.4 Å². The number of fused-ring (bicyclic) bond motifs is 3. The average Bonchev–Trinajstić information content (AvgIpc) is 3.60. The molecule has 7 atom stereocenters. The first-order valence-electron chi connectivity index (χ1n) is 14.1. The Morgan fingerprint density at radius 1 is 1.15 bits per heavy atom. The van der Waals surface area contributed by atoms with Crippen molar-refractivity contribution >= 4 is 22.8 Å². The summed E-state index contributed by atoms with van der Waals surface area (Å²) in [6.45, 7) is 2.53. The molecule has 13 heteroatoms. The van der Waals surface area contributed by atoms with Crippen molar-refractivity contribution in [1.29, 1.82) is 0 Å². The van der Waals surface area contributed by atoms with E-state index in [4.69, 9.17) is 23.4 Å². The number of nitrogens with one attached hydrogen (secondary N) is 2. The lowest BCUT2D eigenvalue weighted by atomic mass is 9.80. The van der Waals surface area contributed by atoms with Crippen LogP contribution >= 0.6 is 0 Å². The number of furan rings is 1. The summed E-state index contributed by atoms with van der Waals surface area (Å²) in [5.74, 6) is -0.575. The van der Waals surface area contributed by atoms with Crippen molar-refractivity contribution in [2.45, 2.75) is 69.2 Å². The minimum Gasteiger partial charge on any atom is -0.485 e. The van der Waals surface area contributed by atoms with Gasteiger partial charge in [-0.3, -0.25) is 9.59 Å². The maximum absolute atomic E-state index is 12.8. The zero-order valence-electron chi connectivity index (χ0n) is 23.1. The van der Waals surface area contributed by atoms with E-state index in [0.29, 0.717) is 43.5 Å². The summed E-state index contributed by atoms with van der Waals surface area (Å²) in [6.07, 6.45) is -4.33. The van der Waals surface area contributed by atoms with Gasteiger partial charge in [0.15, 0.2) is 11.3 Å². The van der Waals surface area contributed by atoms with Crippen molar-refractivity contribution in [2.75, 3.05) is 40.0 Å². The first-order valence-corrected chi connectivity index (χ1v) is 14.1. The van der Waals surface area contributed by atoms with E-state index in [1.165, 1.54) is 0 Å². The van der Waals surface area contributed by atoms with Gasteiger partial charge in [-0.1, -0.05) is 0 Å². The Kier molecular flexibility index (Phi) is 9.02. The number of hydrogen-bond acceptors (Lipinski definition) is 12. The van der Waals surface area contributed by atoms with E-state index in [-0.39, 0.29) is 48.9 Å². The van der Waals surface area contributed by atoms with Crippen molar-refractivity contribution in [3.8, 4) is 11.5 Å². The molecule has 13 nitrogen and oxygen atoms in total. The molecule has 2 saturated heterocycles. The number of ether oxygens (including phenoxy) is 4. The first kappa shape index (κ1) is 29.5. The number of hydrogen-bond donors (Lipinski definition) is 6. The number of carbonyl (C=O) groups is 2. The summed E-state index contributed by atoms with van der Waals surface area (Å²) in [4.78, 5) is 24.9. The highest BCUT2D eigenvalue weighted by molar-refractivity contribution is 5.95. The highest BCUT2D eigenvalue weighted by Gasteiger charge is 2.46. The number of amides is 1. The van der Waals surface area contributed by atoms with Crippen LogP contribution in [0.1, 0.15) is 42.4 Å². The standard InChI is InChI=1S/C28H38N2O11/c1-3-37-27(36)13-4-5-15-16(8-13)24(41-28-23(35)22(34)21(33)18(11-31)40-28)26(38-7-6-29-2)25-20(15)17(12-39-25)14-9-19(32)30-10-14/h12-14,18,21-23,28-29,31,33-35H,3-11H2,1-2H3,(H,30,32)/t13-,14+,18-,21-,22+,23-,28+/m1/s1. The molecule has 3 heterocycles. The molecule has 1 aliphatic carbocycles. The van der Waals surface area contributed by atoms with E-state index in [1.807, 2.05) is 0 Å². The van der Waals surface area contributed by atoms with Gasteiger partial charge in [-0.2, -0.15) is 0 Å².